The molecule has 1 aliphatic carbocycles. The summed E-state index contributed by atoms with van der Waals surface area (Å²) in [5, 5.41) is 12.1. The third-order valence-corrected chi connectivity index (χ3v) is 5.20. The number of benzene rings is 1. The number of H-pyrrole nitrogens is 1. The van der Waals surface area contributed by atoms with E-state index in [9.17, 15) is 0 Å². The van der Waals surface area contributed by atoms with Crippen molar-refractivity contribution in [1.82, 2.24) is 20.5 Å². The molecular weight excluding hydrogens is 280 g/mol. The van der Waals surface area contributed by atoms with Crippen LogP contribution in [0.15, 0.2) is 35.7 Å². The zero-order chi connectivity index (χ0) is 14.5. The minimum absolute atomic E-state index is 0.388. The molecule has 1 heterocycles. The van der Waals surface area contributed by atoms with Gasteiger partial charge in [-0.2, -0.15) is 5.10 Å². The number of aromatic amines is 1. The summed E-state index contributed by atoms with van der Waals surface area (Å²) in [6, 6.07) is 9.25. The van der Waals surface area contributed by atoms with Crippen LogP contribution in [0, 0.1) is 0 Å². The van der Waals surface area contributed by atoms with Crippen LogP contribution in [0.25, 0.3) is 0 Å². The zero-order valence-corrected chi connectivity index (χ0v) is 13.2. The third-order valence-electron chi connectivity index (χ3n) is 3.97. The van der Waals surface area contributed by atoms with Gasteiger partial charge >= 0.3 is 0 Å². The molecule has 1 aliphatic rings. The van der Waals surface area contributed by atoms with Gasteiger partial charge < -0.3 is 5.32 Å². The molecule has 21 heavy (non-hydrogen) atoms. The van der Waals surface area contributed by atoms with Gasteiger partial charge in [-0.3, -0.25) is 5.10 Å². The minimum Gasteiger partial charge on any atom is -0.309 e. The standard InChI is InChI=1S/C16H22N4S/c1-2-10-17-15-13-8-4-3-6-12(13)7-5-9-14(15)21-16-18-11-19-20-16/h3-4,6,8,11,14-15,17H,2,5,7,9-10H2,1H3,(H,18,19,20). The van der Waals surface area contributed by atoms with Gasteiger partial charge in [0.1, 0.15) is 6.33 Å². The Morgan fingerprint density at radius 1 is 1.38 bits per heavy atom. The van der Waals surface area contributed by atoms with E-state index in [1.165, 1.54) is 30.4 Å². The number of rotatable bonds is 5. The van der Waals surface area contributed by atoms with E-state index in [4.69, 9.17) is 0 Å². The molecule has 0 bridgehead atoms. The first kappa shape index (κ1) is 14.6. The van der Waals surface area contributed by atoms with E-state index < -0.39 is 0 Å². The van der Waals surface area contributed by atoms with Gasteiger partial charge in [0.15, 0.2) is 5.16 Å². The Morgan fingerprint density at radius 3 is 3.10 bits per heavy atom. The van der Waals surface area contributed by atoms with E-state index >= 15 is 0 Å². The lowest BCUT2D eigenvalue weighted by atomic mass is 9.99. The maximum atomic E-state index is 4.28. The fraction of sp³-hybridized carbons (Fsp3) is 0.500. The largest absolute Gasteiger partial charge is 0.309 e. The predicted molar refractivity (Wildman–Crippen MR) is 86.4 cm³/mol. The van der Waals surface area contributed by atoms with Crippen LogP contribution in [-0.2, 0) is 6.42 Å². The molecule has 0 radical (unpaired) electrons. The molecule has 2 aromatic rings. The second-order valence-corrected chi connectivity index (χ2v) is 6.70. The van der Waals surface area contributed by atoms with Crippen LogP contribution in [-0.4, -0.2) is 27.0 Å². The normalized spacial score (nSPS) is 21.8. The second-order valence-electron chi connectivity index (χ2n) is 5.47. The van der Waals surface area contributed by atoms with Crippen LogP contribution < -0.4 is 5.32 Å². The van der Waals surface area contributed by atoms with Crippen molar-refractivity contribution < 1.29 is 0 Å². The first-order valence-electron chi connectivity index (χ1n) is 7.71. The molecule has 0 saturated heterocycles. The van der Waals surface area contributed by atoms with Crippen LogP contribution in [0.2, 0.25) is 0 Å². The Morgan fingerprint density at radius 2 is 2.29 bits per heavy atom. The van der Waals surface area contributed by atoms with Crippen molar-refractivity contribution in [2.45, 2.75) is 49.1 Å². The van der Waals surface area contributed by atoms with Gasteiger partial charge in [-0.05, 0) is 43.4 Å². The molecule has 0 amide bonds. The van der Waals surface area contributed by atoms with Gasteiger partial charge in [-0.15, -0.1) is 0 Å². The number of nitrogens with one attached hydrogen (secondary N) is 2. The van der Waals surface area contributed by atoms with Gasteiger partial charge in [0, 0.05) is 11.3 Å². The van der Waals surface area contributed by atoms with E-state index in [1.54, 1.807) is 6.33 Å². The average Bonchev–Trinajstić information content (AvgIpc) is 2.95. The third kappa shape index (κ3) is 3.47. The lowest BCUT2D eigenvalue weighted by Gasteiger charge is -2.26. The Labute approximate surface area is 130 Å². The van der Waals surface area contributed by atoms with E-state index in [0.717, 1.165) is 18.1 Å². The van der Waals surface area contributed by atoms with Crippen molar-refractivity contribution in [1.29, 1.82) is 0 Å². The summed E-state index contributed by atoms with van der Waals surface area (Å²) in [6.45, 7) is 3.26. The van der Waals surface area contributed by atoms with Crippen molar-refractivity contribution in [2.24, 2.45) is 0 Å². The van der Waals surface area contributed by atoms with Gasteiger partial charge in [-0.25, -0.2) is 4.98 Å². The van der Waals surface area contributed by atoms with Crippen molar-refractivity contribution in [3.63, 3.8) is 0 Å². The highest BCUT2D eigenvalue weighted by Crippen LogP contribution is 2.37. The molecule has 1 aromatic carbocycles. The van der Waals surface area contributed by atoms with E-state index in [1.807, 2.05) is 11.8 Å². The topological polar surface area (TPSA) is 53.6 Å². The maximum absolute atomic E-state index is 4.28. The van der Waals surface area contributed by atoms with Crippen LogP contribution in [0.3, 0.4) is 0 Å². The molecule has 3 rings (SSSR count). The summed E-state index contributed by atoms with van der Waals surface area (Å²) in [4.78, 5) is 4.28. The molecule has 4 nitrogen and oxygen atoms in total. The first-order valence-corrected chi connectivity index (χ1v) is 8.59. The van der Waals surface area contributed by atoms with Crippen LogP contribution >= 0.6 is 11.8 Å². The van der Waals surface area contributed by atoms with Gasteiger partial charge in [-0.1, -0.05) is 43.0 Å². The molecule has 2 unspecified atom stereocenters. The van der Waals surface area contributed by atoms with E-state index in [2.05, 4.69) is 51.7 Å². The Kier molecular flexibility index (Phi) is 4.93. The summed E-state index contributed by atoms with van der Waals surface area (Å²) < 4.78 is 0. The highest BCUT2D eigenvalue weighted by Gasteiger charge is 2.28. The smallest absolute Gasteiger partial charge is 0.183 e. The molecule has 5 heteroatoms. The van der Waals surface area contributed by atoms with Gasteiger partial charge in [0.2, 0.25) is 0 Å². The summed E-state index contributed by atoms with van der Waals surface area (Å²) >= 11 is 1.82. The summed E-state index contributed by atoms with van der Waals surface area (Å²) in [5.74, 6) is 0. The van der Waals surface area contributed by atoms with E-state index in [0.29, 0.717) is 11.3 Å². The molecule has 0 spiro atoms. The quantitative estimate of drug-likeness (QED) is 0.832. The van der Waals surface area contributed by atoms with Crippen LogP contribution in [0.1, 0.15) is 43.4 Å². The minimum atomic E-state index is 0.388. The molecule has 0 saturated carbocycles. The van der Waals surface area contributed by atoms with Crippen molar-refractivity contribution in [2.75, 3.05) is 6.54 Å². The number of hydrogen-bond acceptors (Lipinski definition) is 4. The summed E-state index contributed by atoms with van der Waals surface area (Å²) in [7, 11) is 0. The highest BCUT2D eigenvalue weighted by molar-refractivity contribution is 7.99. The predicted octanol–water partition coefficient (Wildman–Crippen LogP) is 3.34. The van der Waals surface area contributed by atoms with E-state index in [-0.39, 0.29) is 0 Å². The molecule has 0 fully saturated rings. The maximum Gasteiger partial charge on any atom is 0.183 e. The molecule has 2 N–H and O–H groups in total. The van der Waals surface area contributed by atoms with Crippen molar-refractivity contribution in [3.8, 4) is 0 Å². The number of fused-ring (bicyclic) bond motifs is 1. The van der Waals surface area contributed by atoms with Crippen LogP contribution in [0.5, 0.6) is 0 Å². The lowest BCUT2D eigenvalue weighted by Crippen LogP contribution is -2.30. The first-order chi connectivity index (χ1) is 10.4. The van der Waals surface area contributed by atoms with Crippen LogP contribution in [0.4, 0.5) is 0 Å². The Bertz CT molecular complexity index is 555. The number of thioether (sulfide) groups is 1. The average molecular weight is 302 g/mol. The number of hydrogen-bond donors (Lipinski definition) is 2. The Balaban J connectivity index is 1.86. The van der Waals surface area contributed by atoms with Gasteiger partial charge in [0.25, 0.3) is 0 Å². The molecular formula is C16H22N4S. The lowest BCUT2D eigenvalue weighted by molar-refractivity contribution is 0.500. The molecule has 0 aliphatic heterocycles. The van der Waals surface area contributed by atoms with Crippen molar-refractivity contribution in [3.05, 3.63) is 41.7 Å². The second kappa shape index (κ2) is 7.09. The number of nitrogens with zero attached hydrogens (tertiary/aromatic N) is 2. The molecule has 1 aromatic heterocycles. The molecule has 112 valence electrons. The Hall–Kier alpha value is -1.33. The molecule has 2 atom stereocenters. The fourth-order valence-corrected chi connectivity index (χ4v) is 4.15. The summed E-state index contributed by atoms with van der Waals surface area (Å²) in [5.41, 5.74) is 2.95. The number of aryl methyl sites for hydroxylation is 1. The fourth-order valence-electron chi connectivity index (χ4n) is 2.99. The SMILES string of the molecule is CCCNC1c2ccccc2CCCC1Sc1ncn[nH]1. The van der Waals surface area contributed by atoms with Crippen molar-refractivity contribution >= 4 is 11.8 Å². The van der Waals surface area contributed by atoms with Gasteiger partial charge in [0.05, 0.1) is 0 Å². The highest BCUT2D eigenvalue weighted by atomic mass is 32.2. The monoisotopic (exact) mass is 302 g/mol. The zero-order valence-electron chi connectivity index (χ0n) is 12.4. The summed E-state index contributed by atoms with van der Waals surface area (Å²) in [6.07, 6.45) is 6.34. The number of aromatic nitrogens is 3.